The maximum absolute atomic E-state index is 3.96. The number of aryl methyl sites for hydroxylation is 1. The molecule has 18 heavy (non-hydrogen) atoms. The number of hydrogen-bond acceptors (Lipinski definition) is 2. The molecule has 0 saturated heterocycles. The summed E-state index contributed by atoms with van der Waals surface area (Å²) in [4.78, 5) is 3.96. The number of fused-ring (bicyclic) bond motifs is 1. The van der Waals surface area contributed by atoms with Gasteiger partial charge in [-0.25, -0.2) is 0 Å². The van der Waals surface area contributed by atoms with Crippen LogP contribution in [0.3, 0.4) is 0 Å². The van der Waals surface area contributed by atoms with Crippen molar-refractivity contribution >= 4 is 6.72 Å². The van der Waals surface area contributed by atoms with Gasteiger partial charge < -0.3 is 5.32 Å². The molecular formula is C16H24N2. The van der Waals surface area contributed by atoms with E-state index in [0.29, 0.717) is 12.1 Å². The minimum atomic E-state index is 0.552. The average Bonchev–Trinajstić information content (AvgIpc) is 2.78. The first kappa shape index (κ1) is 13.3. The smallest absolute Gasteiger partial charge is 0.0632 e. The fraction of sp³-hybridized carbons (Fsp3) is 0.562. The molecule has 0 spiro atoms. The predicted octanol–water partition coefficient (Wildman–Crippen LogP) is 3.65. The van der Waals surface area contributed by atoms with Crippen LogP contribution in [-0.2, 0) is 13.0 Å². The highest BCUT2D eigenvalue weighted by atomic mass is 15.0. The van der Waals surface area contributed by atoms with Crippen molar-refractivity contribution in [2.24, 2.45) is 4.99 Å². The topological polar surface area (TPSA) is 24.4 Å². The summed E-state index contributed by atoms with van der Waals surface area (Å²) in [6.45, 7) is 8.82. The number of nitrogens with zero attached hydrogens (tertiary/aromatic N) is 1. The summed E-state index contributed by atoms with van der Waals surface area (Å²) < 4.78 is 0. The second-order valence-corrected chi connectivity index (χ2v) is 5.19. The lowest BCUT2D eigenvalue weighted by Gasteiger charge is -2.21. The van der Waals surface area contributed by atoms with Crippen LogP contribution in [0.25, 0.3) is 0 Å². The molecule has 0 fully saturated rings. The standard InChI is InChI=1S/C16H24N2/c1-4-14(5-2)18-16-9-7-13-10-12(11-17-3)6-8-15(13)16/h6,8,10,14,16,18H,3-5,7,9,11H2,1-2H3. The van der Waals surface area contributed by atoms with Crippen LogP contribution in [0.15, 0.2) is 23.2 Å². The lowest BCUT2D eigenvalue weighted by molar-refractivity contribution is 0.413. The summed E-state index contributed by atoms with van der Waals surface area (Å²) in [5.74, 6) is 0. The molecule has 0 aliphatic heterocycles. The van der Waals surface area contributed by atoms with Gasteiger partial charge in [0.05, 0.1) is 6.54 Å². The maximum Gasteiger partial charge on any atom is 0.0632 e. The second kappa shape index (κ2) is 6.14. The molecule has 2 heteroatoms. The Morgan fingerprint density at radius 3 is 2.83 bits per heavy atom. The maximum atomic E-state index is 3.96. The lowest BCUT2D eigenvalue weighted by atomic mass is 10.0. The average molecular weight is 244 g/mol. The number of nitrogens with one attached hydrogen (secondary N) is 1. The van der Waals surface area contributed by atoms with E-state index < -0.39 is 0 Å². The van der Waals surface area contributed by atoms with Gasteiger partial charge in [-0.05, 0) is 49.1 Å². The molecule has 1 aliphatic carbocycles. The third kappa shape index (κ3) is 2.81. The molecule has 1 aromatic rings. The fourth-order valence-electron chi connectivity index (χ4n) is 2.88. The van der Waals surface area contributed by atoms with E-state index in [2.05, 4.69) is 49.1 Å². The first-order valence-corrected chi connectivity index (χ1v) is 7.08. The highest BCUT2D eigenvalue weighted by molar-refractivity contribution is 5.38. The van der Waals surface area contributed by atoms with Gasteiger partial charge in [-0.15, -0.1) is 0 Å². The van der Waals surface area contributed by atoms with Gasteiger partial charge in [0.25, 0.3) is 0 Å². The van der Waals surface area contributed by atoms with E-state index in [1.165, 1.54) is 42.4 Å². The SMILES string of the molecule is C=NCc1ccc2c(c1)CCC2NC(CC)CC. The number of aliphatic imine (C=N–C) groups is 1. The molecule has 1 atom stereocenters. The Morgan fingerprint density at radius 2 is 2.17 bits per heavy atom. The summed E-state index contributed by atoms with van der Waals surface area (Å²) in [7, 11) is 0. The number of benzene rings is 1. The zero-order valence-electron chi connectivity index (χ0n) is 11.6. The van der Waals surface area contributed by atoms with E-state index >= 15 is 0 Å². The van der Waals surface area contributed by atoms with E-state index in [4.69, 9.17) is 0 Å². The zero-order chi connectivity index (χ0) is 13.0. The first-order chi connectivity index (χ1) is 8.78. The highest BCUT2D eigenvalue weighted by Crippen LogP contribution is 2.32. The van der Waals surface area contributed by atoms with Gasteiger partial charge >= 0.3 is 0 Å². The Bertz CT molecular complexity index is 408. The summed E-state index contributed by atoms with van der Waals surface area (Å²) in [6, 6.07) is 7.98. The molecule has 0 radical (unpaired) electrons. The molecule has 0 heterocycles. The third-order valence-electron chi connectivity index (χ3n) is 4.00. The molecular weight excluding hydrogens is 220 g/mol. The van der Waals surface area contributed by atoms with E-state index in [1.54, 1.807) is 0 Å². The molecule has 0 bridgehead atoms. The van der Waals surface area contributed by atoms with Crippen LogP contribution in [0.1, 0.15) is 55.8 Å². The summed E-state index contributed by atoms with van der Waals surface area (Å²) >= 11 is 0. The van der Waals surface area contributed by atoms with Crippen molar-refractivity contribution in [3.63, 3.8) is 0 Å². The highest BCUT2D eigenvalue weighted by Gasteiger charge is 2.23. The summed E-state index contributed by atoms with van der Waals surface area (Å²) in [5.41, 5.74) is 4.28. The molecule has 0 aromatic heterocycles. The molecule has 1 unspecified atom stereocenters. The Labute approximate surface area is 111 Å². The van der Waals surface area contributed by atoms with E-state index in [-0.39, 0.29) is 0 Å². The van der Waals surface area contributed by atoms with E-state index in [9.17, 15) is 0 Å². The van der Waals surface area contributed by atoms with Gasteiger partial charge in [-0.3, -0.25) is 4.99 Å². The first-order valence-electron chi connectivity index (χ1n) is 7.08. The second-order valence-electron chi connectivity index (χ2n) is 5.19. The molecule has 0 saturated carbocycles. The Balaban J connectivity index is 2.10. The van der Waals surface area contributed by atoms with Crippen molar-refractivity contribution in [1.82, 2.24) is 5.32 Å². The van der Waals surface area contributed by atoms with Gasteiger partial charge in [0, 0.05) is 12.1 Å². The van der Waals surface area contributed by atoms with Gasteiger partial charge in [-0.1, -0.05) is 32.0 Å². The van der Waals surface area contributed by atoms with E-state index in [0.717, 1.165) is 6.54 Å². The van der Waals surface area contributed by atoms with Crippen LogP contribution in [-0.4, -0.2) is 12.8 Å². The molecule has 0 amide bonds. The largest absolute Gasteiger partial charge is 0.307 e. The zero-order valence-corrected chi connectivity index (χ0v) is 11.6. The van der Waals surface area contributed by atoms with E-state index in [1.807, 2.05) is 0 Å². The normalized spacial score (nSPS) is 18.1. The predicted molar refractivity (Wildman–Crippen MR) is 78.3 cm³/mol. The Hall–Kier alpha value is -1.15. The summed E-state index contributed by atoms with van der Waals surface area (Å²) in [6.07, 6.45) is 4.84. The lowest BCUT2D eigenvalue weighted by Crippen LogP contribution is -2.30. The molecule has 1 N–H and O–H groups in total. The minimum absolute atomic E-state index is 0.552. The minimum Gasteiger partial charge on any atom is -0.307 e. The van der Waals surface area contributed by atoms with Gasteiger partial charge in [0.1, 0.15) is 0 Å². The van der Waals surface area contributed by atoms with Crippen LogP contribution >= 0.6 is 0 Å². The number of hydrogen-bond donors (Lipinski definition) is 1. The van der Waals surface area contributed by atoms with Crippen LogP contribution in [0.5, 0.6) is 0 Å². The van der Waals surface area contributed by atoms with Crippen molar-refractivity contribution in [3.8, 4) is 0 Å². The van der Waals surface area contributed by atoms with Gasteiger partial charge in [0.2, 0.25) is 0 Å². The molecule has 1 aromatic carbocycles. The van der Waals surface area contributed by atoms with Crippen molar-refractivity contribution in [2.45, 2.75) is 58.2 Å². The van der Waals surface area contributed by atoms with Gasteiger partial charge in [-0.2, -0.15) is 0 Å². The quantitative estimate of drug-likeness (QED) is 0.759. The molecule has 98 valence electrons. The van der Waals surface area contributed by atoms with Crippen LogP contribution in [0, 0.1) is 0 Å². The third-order valence-corrected chi connectivity index (χ3v) is 4.00. The van der Waals surface area contributed by atoms with Crippen LogP contribution in [0.4, 0.5) is 0 Å². The fourth-order valence-corrected chi connectivity index (χ4v) is 2.88. The van der Waals surface area contributed by atoms with Crippen molar-refractivity contribution < 1.29 is 0 Å². The van der Waals surface area contributed by atoms with Crippen LogP contribution < -0.4 is 5.32 Å². The van der Waals surface area contributed by atoms with Crippen molar-refractivity contribution in [3.05, 3.63) is 34.9 Å². The molecule has 1 aliphatic rings. The van der Waals surface area contributed by atoms with Crippen LogP contribution in [0.2, 0.25) is 0 Å². The summed E-state index contributed by atoms with van der Waals surface area (Å²) in [5, 5.41) is 3.79. The molecule has 2 nitrogen and oxygen atoms in total. The Kier molecular flexibility index (Phi) is 4.54. The Morgan fingerprint density at radius 1 is 1.39 bits per heavy atom. The number of rotatable bonds is 6. The van der Waals surface area contributed by atoms with Crippen molar-refractivity contribution in [1.29, 1.82) is 0 Å². The molecule has 2 rings (SSSR count). The van der Waals surface area contributed by atoms with Gasteiger partial charge in [0.15, 0.2) is 0 Å². The monoisotopic (exact) mass is 244 g/mol. The van der Waals surface area contributed by atoms with Crippen molar-refractivity contribution in [2.75, 3.05) is 0 Å².